The summed E-state index contributed by atoms with van der Waals surface area (Å²) >= 11 is 3.45. The van der Waals surface area contributed by atoms with Gasteiger partial charge in [-0.2, -0.15) is 0 Å². The quantitative estimate of drug-likeness (QED) is 0.896. The summed E-state index contributed by atoms with van der Waals surface area (Å²) in [6, 6.07) is 7.69. The van der Waals surface area contributed by atoms with Crippen LogP contribution in [-0.2, 0) is 9.53 Å². The fraction of sp³-hybridized carbons (Fsp3) is 0.417. The first-order valence-corrected chi connectivity index (χ1v) is 6.34. The van der Waals surface area contributed by atoms with E-state index in [-0.39, 0.29) is 5.91 Å². The number of halogens is 1. The van der Waals surface area contributed by atoms with Crippen molar-refractivity contribution in [2.45, 2.75) is 18.4 Å². The highest BCUT2D eigenvalue weighted by molar-refractivity contribution is 9.10. The Morgan fingerprint density at radius 3 is 2.59 bits per heavy atom. The van der Waals surface area contributed by atoms with Gasteiger partial charge in [-0.3, -0.25) is 4.79 Å². The minimum atomic E-state index is -0.692. The Morgan fingerprint density at radius 2 is 2.00 bits per heavy atom. The SMILES string of the molecule is NC(=O)C1(Nc2ccccc2Br)CCOCC1. The standard InChI is InChI=1S/C12H15BrN2O2/c13-9-3-1-2-4-10(9)15-12(11(14)16)5-7-17-8-6-12/h1-4,15H,5-8H2,(H2,14,16). The lowest BCUT2D eigenvalue weighted by atomic mass is 9.89. The molecule has 5 heteroatoms. The number of primary amides is 1. The number of rotatable bonds is 3. The Balaban J connectivity index is 2.24. The Bertz CT molecular complexity index is 417. The van der Waals surface area contributed by atoms with Crippen LogP contribution in [0.15, 0.2) is 28.7 Å². The first-order valence-electron chi connectivity index (χ1n) is 5.54. The van der Waals surface area contributed by atoms with E-state index >= 15 is 0 Å². The van der Waals surface area contributed by atoms with E-state index in [4.69, 9.17) is 10.5 Å². The van der Waals surface area contributed by atoms with E-state index < -0.39 is 5.54 Å². The topological polar surface area (TPSA) is 64.4 Å². The second-order valence-corrected chi connectivity index (χ2v) is 5.02. The first-order chi connectivity index (χ1) is 8.14. The summed E-state index contributed by atoms with van der Waals surface area (Å²) in [5, 5.41) is 3.26. The fourth-order valence-electron chi connectivity index (χ4n) is 1.97. The summed E-state index contributed by atoms with van der Waals surface area (Å²) < 4.78 is 6.21. The van der Waals surface area contributed by atoms with Crippen molar-refractivity contribution in [1.82, 2.24) is 0 Å². The molecule has 1 aliphatic heterocycles. The maximum atomic E-state index is 11.7. The maximum Gasteiger partial charge on any atom is 0.243 e. The van der Waals surface area contributed by atoms with Gasteiger partial charge in [-0.15, -0.1) is 0 Å². The number of amides is 1. The molecule has 0 atom stereocenters. The average Bonchev–Trinajstić information content (AvgIpc) is 2.33. The van der Waals surface area contributed by atoms with Crippen molar-refractivity contribution in [2.24, 2.45) is 5.73 Å². The van der Waals surface area contributed by atoms with Crippen LogP contribution >= 0.6 is 15.9 Å². The normalized spacial score (nSPS) is 18.6. The number of hydrogen-bond acceptors (Lipinski definition) is 3. The molecular formula is C12H15BrN2O2. The smallest absolute Gasteiger partial charge is 0.243 e. The second-order valence-electron chi connectivity index (χ2n) is 4.16. The van der Waals surface area contributed by atoms with Crippen LogP contribution < -0.4 is 11.1 Å². The molecule has 0 saturated carbocycles. The van der Waals surface area contributed by atoms with Crippen molar-refractivity contribution in [2.75, 3.05) is 18.5 Å². The van der Waals surface area contributed by atoms with Gasteiger partial charge < -0.3 is 15.8 Å². The first kappa shape index (κ1) is 12.4. The van der Waals surface area contributed by atoms with Crippen molar-refractivity contribution >= 4 is 27.5 Å². The van der Waals surface area contributed by atoms with Crippen LogP contribution in [0.25, 0.3) is 0 Å². The molecule has 17 heavy (non-hydrogen) atoms. The van der Waals surface area contributed by atoms with Crippen LogP contribution in [0, 0.1) is 0 Å². The molecule has 92 valence electrons. The third-order valence-electron chi connectivity index (χ3n) is 3.07. The number of hydrogen-bond donors (Lipinski definition) is 2. The Kier molecular flexibility index (Phi) is 3.69. The van der Waals surface area contributed by atoms with Crippen LogP contribution in [0.3, 0.4) is 0 Å². The predicted octanol–water partition coefficient (Wildman–Crippen LogP) is 1.90. The molecule has 1 saturated heterocycles. The van der Waals surface area contributed by atoms with Gasteiger partial charge in [-0.05, 0) is 28.1 Å². The van der Waals surface area contributed by atoms with Gasteiger partial charge >= 0.3 is 0 Å². The summed E-state index contributed by atoms with van der Waals surface area (Å²) in [5.74, 6) is -0.323. The molecule has 1 aliphatic rings. The number of para-hydroxylation sites is 1. The summed E-state index contributed by atoms with van der Waals surface area (Å²) in [4.78, 5) is 11.7. The van der Waals surface area contributed by atoms with E-state index in [0.717, 1.165) is 10.2 Å². The third kappa shape index (κ3) is 2.61. The Morgan fingerprint density at radius 1 is 1.35 bits per heavy atom. The van der Waals surface area contributed by atoms with Crippen molar-refractivity contribution < 1.29 is 9.53 Å². The molecular weight excluding hydrogens is 284 g/mol. The summed E-state index contributed by atoms with van der Waals surface area (Å²) in [5.41, 5.74) is 5.72. The fourth-order valence-corrected chi connectivity index (χ4v) is 2.36. The summed E-state index contributed by atoms with van der Waals surface area (Å²) in [6.07, 6.45) is 1.20. The van der Waals surface area contributed by atoms with Gasteiger partial charge in [0.15, 0.2) is 0 Å². The molecule has 0 bridgehead atoms. The predicted molar refractivity (Wildman–Crippen MR) is 69.7 cm³/mol. The lowest BCUT2D eigenvalue weighted by Crippen LogP contribution is -2.54. The van der Waals surface area contributed by atoms with Gasteiger partial charge in [-0.1, -0.05) is 12.1 Å². The largest absolute Gasteiger partial charge is 0.381 e. The molecule has 2 rings (SSSR count). The van der Waals surface area contributed by atoms with Crippen molar-refractivity contribution in [3.8, 4) is 0 Å². The average molecular weight is 299 g/mol. The third-order valence-corrected chi connectivity index (χ3v) is 3.76. The lowest BCUT2D eigenvalue weighted by molar-refractivity contribution is -0.125. The zero-order valence-corrected chi connectivity index (χ0v) is 11.0. The molecule has 1 heterocycles. The van der Waals surface area contributed by atoms with E-state index in [1.807, 2.05) is 24.3 Å². The number of nitrogens with one attached hydrogen (secondary N) is 1. The van der Waals surface area contributed by atoms with Crippen LogP contribution in [0.2, 0.25) is 0 Å². The summed E-state index contributed by atoms with van der Waals surface area (Å²) in [7, 11) is 0. The molecule has 0 unspecified atom stereocenters. The Hall–Kier alpha value is -1.07. The van der Waals surface area contributed by atoms with E-state index in [2.05, 4.69) is 21.2 Å². The van der Waals surface area contributed by atoms with Gasteiger partial charge in [-0.25, -0.2) is 0 Å². The monoisotopic (exact) mass is 298 g/mol. The molecule has 3 N–H and O–H groups in total. The number of anilines is 1. The zero-order chi connectivity index (χ0) is 12.3. The molecule has 1 aromatic rings. The van der Waals surface area contributed by atoms with Crippen molar-refractivity contribution in [1.29, 1.82) is 0 Å². The van der Waals surface area contributed by atoms with Crippen LogP contribution in [0.5, 0.6) is 0 Å². The van der Waals surface area contributed by atoms with Crippen LogP contribution in [0.4, 0.5) is 5.69 Å². The van der Waals surface area contributed by atoms with Crippen LogP contribution in [-0.4, -0.2) is 24.7 Å². The number of carbonyl (C=O) groups excluding carboxylic acids is 1. The van der Waals surface area contributed by atoms with Gasteiger partial charge in [0, 0.05) is 36.2 Å². The molecule has 0 spiro atoms. The Labute approximate surface area is 109 Å². The minimum absolute atomic E-state index is 0.323. The molecule has 4 nitrogen and oxygen atoms in total. The van der Waals surface area contributed by atoms with Crippen molar-refractivity contribution in [3.05, 3.63) is 28.7 Å². The molecule has 1 aromatic carbocycles. The van der Waals surface area contributed by atoms with Gasteiger partial charge in [0.05, 0.1) is 0 Å². The molecule has 0 aliphatic carbocycles. The highest BCUT2D eigenvalue weighted by Crippen LogP contribution is 2.30. The molecule has 1 fully saturated rings. The zero-order valence-electron chi connectivity index (χ0n) is 9.41. The van der Waals surface area contributed by atoms with Crippen molar-refractivity contribution in [3.63, 3.8) is 0 Å². The molecule has 0 aromatic heterocycles. The number of ether oxygens (including phenoxy) is 1. The van der Waals surface area contributed by atoms with E-state index in [9.17, 15) is 4.79 Å². The van der Waals surface area contributed by atoms with Gasteiger partial charge in [0.1, 0.15) is 5.54 Å². The van der Waals surface area contributed by atoms with E-state index in [1.165, 1.54) is 0 Å². The van der Waals surface area contributed by atoms with Crippen LogP contribution in [0.1, 0.15) is 12.8 Å². The number of carbonyl (C=O) groups is 1. The highest BCUT2D eigenvalue weighted by atomic mass is 79.9. The van der Waals surface area contributed by atoms with E-state index in [1.54, 1.807) is 0 Å². The number of nitrogens with two attached hydrogens (primary N) is 1. The van der Waals surface area contributed by atoms with E-state index in [0.29, 0.717) is 26.1 Å². The summed E-state index contributed by atoms with van der Waals surface area (Å²) in [6.45, 7) is 1.11. The minimum Gasteiger partial charge on any atom is -0.381 e. The molecule has 0 radical (unpaired) electrons. The lowest BCUT2D eigenvalue weighted by Gasteiger charge is -2.36. The molecule has 1 amide bonds. The highest BCUT2D eigenvalue weighted by Gasteiger charge is 2.38. The second kappa shape index (κ2) is 5.06. The maximum absolute atomic E-state index is 11.7. The van der Waals surface area contributed by atoms with Gasteiger partial charge in [0.25, 0.3) is 0 Å². The van der Waals surface area contributed by atoms with Gasteiger partial charge in [0.2, 0.25) is 5.91 Å². The number of benzene rings is 1.